The highest BCUT2D eigenvalue weighted by molar-refractivity contribution is 5.87. The summed E-state index contributed by atoms with van der Waals surface area (Å²) in [4.78, 5) is 8.38. The molecular formula is C16H14N2O. The van der Waals surface area contributed by atoms with Gasteiger partial charge in [0.25, 0.3) is 0 Å². The number of hydrogen-bond donors (Lipinski definition) is 0. The number of aryl methyl sites for hydroxylation is 1. The van der Waals surface area contributed by atoms with E-state index in [4.69, 9.17) is 4.74 Å². The Morgan fingerprint density at radius 1 is 0.947 bits per heavy atom. The van der Waals surface area contributed by atoms with Crippen molar-refractivity contribution in [2.75, 3.05) is 7.11 Å². The Morgan fingerprint density at radius 3 is 2.58 bits per heavy atom. The molecular weight excluding hydrogens is 236 g/mol. The van der Waals surface area contributed by atoms with Crippen molar-refractivity contribution in [1.82, 2.24) is 9.97 Å². The predicted molar refractivity (Wildman–Crippen MR) is 76.3 cm³/mol. The fourth-order valence-corrected chi connectivity index (χ4v) is 2.12. The fourth-order valence-electron chi connectivity index (χ4n) is 2.12. The molecule has 0 fully saturated rings. The van der Waals surface area contributed by atoms with Gasteiger partial charge >= 0.3 is 6.01 Å². The van der Waals surface area contributed by atoms with Crippen LogP contribution in [0.3, 0.4) is 0 Å². The Kier molecular flexibility index (Phi) is 2.88. The van der Waals surface area contributed by atoms with E-state index in [0.717, 1.165) is 11.3 Å². The molecule has 0 aliphatic carbocycles. The minimum atomic E-state index is 0.390. The van der Waals surface area contributed by atoms with Crippen molar-refractivity contribution in [1.29, 1.82) is 0 Å². The zero-order valence-corrected chi connectivity index (χ0v) is 10.9. The summed E-state index contributed by atoms with van der Waals surface area (Å²) in [5.41, 5.74) is 3.20. The zero-order chi connectivity index (χ0) is 13.2. The van der Waals surface area contributed by atoms with Crippen LogP contribution >= 0.6 is 0 Å². The molecule has 0 unspecified atom stereocenters. The molecule has 3 aromatic rings. The molecule has 0 radical (unpaired) electrons. The van der Waals surface area contributed by atoms with Crippen LogP contribution in [0.1, 0.15) is 5.56 Å². The summed E-state index contributed by atoms with van der Waals surface area (Å²) in [7, 11) is 1.57. The summed E-state index contributed by atoms with van der Waals surface area (Å²) in [6.07, 6.45) is 1.71. The van der Waals surface area contributed by atoms with Gasteiger partial charge in [-0.1, -0.05) is 35.9 Å². The van der Waals surface area contributed by atoms with Crippen LogP contribution in [0.5, 0.6) is 6.01 Å². The van der Waals surface area contributed by atoms with Crippen molar-refractivity contribution in [2.24, 2.45) is 0 Å². The highest BCUT2D eigenvalue weighted by Gasteiger charge is 2.03. The standard InChI is InChI=1S/C16H14N2O/c1-11-3-4-13-10-14(6-5-12(13)9-11)15-7-8-17-16(18-15)19-2/h3-10H,1-2H3. The Morgan fingerprint density at radius 2 is 1.74 bits per heavy atom. The molecule has 3 rings (SSSR count). The quantitative estimate of drug-likeness (QED) is 0.696. The van der Waals surface area contributed by atoms with E-state index in [1.165, 1.54) is 16.3 Å². The molecule has 3 nitrogen and oxygen atoms in total. The third-order valence-corrected chi connectivity index (χ3v) is 3.11. The second-order valence-electron chi connectivity index (χ2n) is 4.49. The largest absolute Gasteiger partial charge is 0.467 e. The van der Waals surface area contributed by atoms with Crippen LogP contribution in [-0.4, -0.2) is 17.1 Å². The fraction of sp³-hybridized carbons (Fsp3) is 0.125. The third kappa shape index (κ3) is 2.27. The van der Waals surface area contributed by atoms with E-state index < -0.39 is 0 Å². The first-order valence-corrected chi connectivity index (χ1v) is 6.14. The molecule has 0 saturated heterocycles. The molecule has 3 heteroatoms. The lowest BCUT2D eigenvalue weighted by atomic mass is 10.0. The Balaban J connectivity index is 2.12. The zero-order valence-electron chi connectivity index (χ0n) is 10.9. The number of methoxy groups -OCH3 is 1. The van der Waals surface area contributed by atoms with Gasteiger partial charge in [-0.15, -0.1) is 0 Å². The second-order valence-corrected chi connectivity index (χ2v) is 4.49. The molecule has 19 heavy (non-hydrogen) atoms. The number of benzene rings is 2. The van der Waals surface area contributed by atoms with E-state index in [-0.39, 0.29) is 0 Å². The first-order valence-electron chi connectivity index (χ1n) is 6.14. The Hall–Kier alpha value is -2.42. The molecule has 2 aromatic carbocycles. The lowest BCUT2D eigenvalue weighted by Crippen LogP contribution is -1.92. The molecule has 1 heterocycles. The molecule has 0 spiro atoms. The maximum absolute atomic E-state index is 5.06. The van der Waals surface area contributed by atoms with Crippen LogP contribution in [0.4, 0.5) is 0 Å². The summed E-state index contributed by atoms with van der Waals surface area (Å²) in [5.74, 6) is 0. The molecule has 0 bridgehead atoms. The van der Waals surface area contributed by atoms with Crippen molar-refractivity contribution < 1.29 is 4.74 Å². The van der Waals surface area contributed by atoms with E-state index in [1.807, 2.05) is 6.07 Å². The summed E-state index contributed by atoms with van der Waals surface area (Å²) < 4.78 is 5.06. The van der Waals surface area contributed by atoms with Gasteiger partial charge in [0.05, 0.1) is 12.8 Å². The second kappa shape index (κ2) is 4.69. The van der Waals surface area contributed by atoms with Crippen LogP contribution < -0.4 is 4.74 Å². The smallest absolute Gasteiger partial charge is 0.316 e. The number of rotatable bonds is 2. The van der Waals surface area contributed by atoms with Crippen molar-refractivity contribution in [3.8, 4) is 17.3 Å². The van der Waals surface area contributed by atoms with Crippen LogP contribution in [0.25, 0.3) is 22.0 Å². The highest BCUT2D eigenvalue weighted by Crippen LogP contribution is 2.24. The number of ether oxygens (including phenoxy) is 1. The minimum absolute atomic E-state index is 0.390. The summed E-state index contributed by atoms with van der Waals surface area (Å²) >= 11 is 0. The molecule has 0 amide bonds. The van der Waals surface area contributed by atoms with E-state index in [0.29, 0.717) is 6.01 Å². The van der Waals surface area contributed by atoms with Crippen molar-refractivity contribution in [2.45, 2.75) is 6.92 Å². The average molecular weight is 250 g/mol. The van der Waals surface area contributed by atoms with Gasteiger partial charge in [0.1, 0.15) is 0 Å². The van der Waals surface area contributed by atoms with E-state index in [1.54, 1.807) is 13.3 Å². The van der Waals surface area contributed by atoms with Gasteiger partial charge in [0.2, 0.25) is 0 Å². The van der Waals surface area contributed by atoms with E-state index in [2.05, 4.69) is 53.3 Å². The van der Waals surface area contributed by atoms with E-state index in [9.17, 15) is 0 Å². The van der Waals surface area contributed by atoms with Crippen molar-refractivity contribution >= 4 is 10.8 Å². The molecule has 0 aliphatic rings. The van der Waals surface area contributed by atoms with Gasteiger partial charge in [-0.25, -0.2) is 4.98 Å². The molecule has 94 valence electrons. The van der Waals surface area contributed by atoms with Crippen LogP contribution in [0.2, 0.25) is 0 Å². The summed E-state index contributed by atoms with van der Waals surface area (Å²) in [6, 6.07) is 15.0. The number of aromatic nitrogens is 2. The summed E-state index contributed by atoms with van der Waals surface area (Å²) in [5, 5.41) is 2.45. The number of fused-ring (bicyclic) bond motifs is 1. The van der Waals surface area contributed by atoms with Gasteiger partial charge in [0, 0.05) is 11.8 Å². The van der Waals surface area contributed by atoms with Gasteiger partial charge in [-0.3, -0.25) is 0 Å². The number of nitrogens with zero attached hydrogens (tertiary/aromatic N) is 2. The molecule has 1 aromatic heterocycles. The van der Waals surface area contributed by atoms with E-state index >= 15 is 0 Å². The monoisotopic (exact) mass is 250 g/mol. The lowest BCUT2D eigenvalue weighted by Gasteiger charge is -2.05. The highest BCUT2D eigenvalue weighted by atomic mass is 16.5. The van der Waals surface area contributed by atoms with Crippen molar-refractivity contribution in [3.05, 3.63) is 54.2 Å². The summed E-state index contributed by atoms with van der Waals surface area (Å²) in [6.45, 7) is 2.10. The first kappa shape index (κ1) is 11.7. The first-order chi connectivity index (χ1) is 9.26. The van der Waals surface area contributed by atoms with Gasteiger partial charge in [-0.05, 0) is 29.8 Å². The normalized spacial score (nSPS) is 10.6. The molecule has 0 aliphatic heterocycles. The van der Waals surface area contributed by atoms with Gasteiger partial charge in [0.15, 0.2) is 0 Å². The SMILES string of the molecule is COc1nccc(-c2ccc3cc(C)ccc3c2)n1. The number of hydrogen-bond acceptors (Lipinski definition) is 3. The topological polar surface area (TPSA) is 35.0 Å². The lowest BCUT2D eigenvalue weighted by molar-refractivity contribution is 0.380. The van der Waals surface area contributed by atoms with Crippen molar-refractivity contribution in [3.63, 3.8) is 0 Å². The maximum atomic E-state index is 5.06. The van der Waals surface area contributed by atoms with Gasteiger partial charge < -0.3 is 4.74 Å². The maximum Gasteiger partial charge on any atom is 0.316 e. The van der Waals surface area contributed by atoms with Crippen LogP contribution in [0, 0.1) is 6.92 Å². The van der Waals surface area contributed by atoms with Crippen LogP contribution in [-0.2, 0) is 0 Å². The molecule has 0 N–H and O–H groups in total. The Labute approximate surface area is 111 Å². The molecule has 0 atom stereocenters. The van der Waals surface area contributed by atoms with Crippen LogP contribution in [0.15, 0.2) is 48.7 Å². The Bertz CT molecular complexity index is 738. The molecule has 0 saturated carbocycles. The average Bonchev–Trinajstić information content (AvgIpc) is 2.46. The minimum Gasteiger partial charge on any atom is -0.467 e. The third-order valence-electron chi connectivity index (χ3n) is 3.11. The predicted octanol–water partition coefficient (Wildman–Crippen LogP) is 3.61. The van der Waals surface area contributed by atoms with Gasteiger partial charge in [-0.2, -0.15) is 4.98 Å².